The van der Waals surface area contributed by atoms with Crippen molar-refractivity contribution in [2.75, 3.05) is 0 Å². The van der Waals surface area contributed by atoms with Crippen molar-refractivity contribution < 1.29 is 0 Å². The predicted molar refractivity (Wildman–Crippen MR) is 75.7 cm³/mol. The van der Waals surface area contributed by atoms with E-state index in [0.717, 1.165) is 5.01 Å². The van der Waals surface area contributed by atoms with Crippen LogP contribution in [0.15, 0.2) is 29.6 Å². The second kappa shape index (κ2) is 5.01. The monoisotopic (exact) mass is 245 g/mol. The van der Waals surface area contributed by atoms with Crippen molar-refractivity contribution in [3.8, 4) is 10.6 Å². The van der Waals surface area contributed by atoms with E-state index in [1.165, 1.54) is 16.8 Å². The van der Waals surface area contributed by atoms with Gasteiger partial charge < -0.3 is 0 Å². The summed E-state index contributed by atoms with van der Waals surface area (Å²) in [6, 6.07) is 8.72. The maximum absolute atomic E-state index is 4.70. The second-order valence-corrected chi connectivity index (χ2v) is 5.87. The van der Waals surface area contributed by atoms with Crippen molar-refractivity contribution in [3.63, 3.8) is 0 Å². The maximum atomic E-state index is 4.70. The summed E-state index contributed by atoms with van der Waals surface area (Å²) in [6.07, 6.45) is 0. The third-order valence-electron chi connectivity index (χ3n) is 2.91. The van der Waals surface area contributed by atoms with Crippen LogP contribution < -0.4 is 0 Å². The molecule has 0 saturated carbocycles. The van der Waals surface area contributed by atoms with E-state index in [1.54, 1.807) is 11.3 Å². The molecule has 0 aliphatic carbocycles. The minimum Gasteiger partial charge on any atom is -0.241 e. The summed E-state index contributed by atoms with van der Waals surface area (Å²) < 4.78 is 0. The van der Waals surface area contributed by atoms with Crippen molar-refractivity contribution in [2.45, 2.75) is 39.5 Å². The first kappa shape index (κ1) is 12.3. The van der Waals surface area contributed by atoms with Gasteiger partial charge >= 0.3 is 0 Å². The minimum atomic E-state index is 0.508. The fraction of sp³-hybridized carbons (Fsp3) is 0.400. The molecule has 17 heavy (non-hydrogen) atoms. The normalized spacial score (nSPS) is 11.4. The van der Waals surface area contributed by atoms with Gasteiger partial charge in [0, 0.05) is 10.9 Å². The topological polar surface area (TPSA) is 12.9 Å². The van der Waals surface area contributed by atoms with Crippen LogP contribution in [0.4, 0.5) is 0 Å². The molecule has 0 aliphatic heterocycles. The first-order chi connectivity index (χ1) is 8.08. The van der Waals surface area contributed by atoms with Crippen LogP contribution >= 0.6 is 11.3 Å². The Morgan fingerprint density at radius 2 is 1.82 bits per heavy atom. The largest absolute Gasteiger partial charge is 0.241 e. The molecule has 0 bridgehead atoms. The molecule has 2 aromatic rings. The van der Waals surface area contributed by atoms with Crippen molar-refractivity contribution in [1.29, 1.82) is 0 Å². The van der Waals surface area contributed by atoms with Crippen LogP contribution in [0.1, 0.15) is 50.8 Å². The molecule has 90 valence electrons. The standard InChI is InChI=1S/C15H19NS/c1-10(2)12-6-5-7-13(8-12)15-16-14(9-17-15)11(3)4/h5-11H,1-4H3. The third-order valence-corrected chi connectivity index (χ3v) is 3.82. The molecule has 1 nitrogen and oxygen atoms in total. The van der Waals surface area contributed by atoms with Gasteiger partial charge in [0.1, 0.15) is 5.01 Å². The molecule has 0 amide bonds. The van der Waals surface area contributed by atoms with Crippen LogP contribution in [0.5, 0.6) is 0 Å². The van der Waals surface area contributed by atoms with E-state index in [0.29, 0.717) is 11.8 Å². The number of thiazole rings is 1. The Kier molecular flexibility index (Phi) is 3.63. The van der Waals surface area contributed by atoms with Gasteiger partial charge in [-0.05, 0) is 23.5 Å². The Balaban J connectivity index is 2.35. The third kappa shape index (κ3) is 2.75. The van der Waals surface area contributed by atoms with E-state index in [9.17, 15) is 0 Å². The first-order valence-electron chi connectivity index (χ1n) is 6.13. The van der Waals surface area contributed by atoms with Gasteiger partial charge in [0.15, 0.2) is 0 Å². The summed E-state index contributed by atoms with van der Waals surface area (Å²) >= 11 is 1.74. The fourth-order valence-electron chi connectivity index (χ4n) is 1.71. The van der Waals surface area contributed by atoms with Gasteiger partial charge in [-0.15, -0.1) is 11.3 Å². The zero-order valence-corrected chi connectivity index (χ0v) is 11.7. The van der Waals surface area contributed by atoms with Crippen molar-refractivity contribution in [2.24, 2.45) is 0 Å². The summed E-state index contributed by atoms with van der Waals surface area (Å²) in [4.78, 5) is 4.70. The summed E-state index contributed by atoms with van der Waals surface area (Å²) in [6.45, 7) is 8.81. The molecule has 0 N–H and O–H groups in total. The molecule has 2 heteroatoms. The van der Waals surface area contributed by atoms with Crippen LogP contribution in [-0.4, -0.2) is 4.98 Å². The number of hydrogen-bond donors (Lipinski definition) is 0. The summed E-state index contributed by atoms with van der Waals surface area (Å²) in [5.41, 5.74) is 3.82. The molecule has 0 radical (unpaired) electrons. The van der Waals surface area contributed by atoms with Gasteiger partial charge in [0.25, 0.3) is 0 Å². The first-order valence-corrected chi connectivity index (χ1v) is 7.01. The highest BCUT2D eigenvalue weighted by atomic mass is 32.1. The van der Waals surface area contributed by atoms with Crippen LogP contribution in [0.2, 0.25) is 0 Å². The molecule has 1 aromatic carbocycles. The summed E-state index contributed by atoms with van der Waals surface area (Å²) in [5.74, 6) is 1.08. The van der Waals surface area contributed by atoms with E-state index < -0.39 is 0 Å². The minimum absolute atomic E-state index is 0.508. The zero-order chi connectivity index (χ0) is 12.4. The van der Waals surface area contributed by atoms with Gasteiger partial charge in [0.05, 0.1) is 5.69 Å². The molecule has 0 fully saturated rings. The average molecular weight is 245 g/mol. The molecule has 0 atom stereocenters. The SMILES string of the molecule is CC(C)c1cccc(-c2nc(C(C)C)cs2)c1. The lowest BCUT2D eigenvalue weighted by Crippen LogP contribution is -1.89. The molecule has 0 unspecified atom stereocenters. The average Bonchev–Trinajstić information content (AvgIpc) is 2.78. The second-order valence-electron chi connectivity index (χ2n) is 5.01. The van der Waals surface area contributed by atoms with Crippen molar-refractivity contribution in [1.82, 2.24) is 4.98 Å². The van der Waals surface area contributed by atoms with Crippen molar-refractivity contribution >= 4 is 11.3 Å². The smallest absolute Gasteiger partial charge is 0.123 e. The lowest BCUT2D eigenvalue weighted by molar-refractivity contribution is 0.834. The molecule has 1 aromatic heterocycles. The number of rotatable bonds is 3. The Morgan fingerprint density at radius 3 is 2.41 bits per heavy atom. The number of hydrogen-bond acceptors (Lipinski definition) is 2. The Labute approximate surface area is 108 Å². The Hall–Kier alpha value is -1.15. The Bertz CT molecular complexity index is 497. The summed E-state index contributed by atoms with van der Waals surface area (Å²) in [5, 5.41) is 3.30. The van der Waals surface area contributed by atoms with E-state index in [2.05, 4.69) is 57.3 Å². The fourth-order valence-corrected chi connectivity index (χ4v) is 2.69. The van der Waals surface area contributed by atoms with Gasteiger partial charge in [0.2, 0.25) is 0 Å². The highest BCUT2D eigenvalue weighted by molar-refractivity contribution is 7.13. The number of benzene rings is 1. The van der Waals surface area contributed by atoms with Crippen LogP contribution in [0.3, 0.4) is 0 Å². The van der Waals surface area contributed by atoms with E-state index in [4.69, 9.17) is 4.98 Å². The molecule has 0 spiro atoms. The number of nitrogens with zero attached hydrogens (tertiary/aromatic N) is 1. The van der Waals surface area contributed by atoms with Gasteiger partial charge in [-0.3, -0.25) is 0 Å². The predicted octanol–water partition coefficient (Wildman–Crippen LogP) is 5.06. The van der Waals surface area contributed by atoms with Crippen LogP contribution in [0, 0.1) is 0 Å². The molecular weight excluding hydrogens is 226 g/mol. The van der Waals surface area contributed by atoms with Crippen molar-refractivity contribution in [3.05, 3.63) is 40.9 Å². The van der Waals surface area contributed by atoms with Crippen LogP contribution in [-0.2, 0) is 0 Å². The molecule has 0 saturated heterocycles. The number of aromatic nitrogens is 1. The van der Waals surface area contributed by atoms with Gasteiger partial charge in [-0.2, -0.15) is 0 Å². The van der Waals surface area contributed by atoms with Gasteiger partial charge in [-0.1, -0.05) is 45.9 Å². The zero-order valence-electron chi connectivity index (χ0n) is 10.9. The van der Waals surface area contributed by atoms with E-state index >= 15 is 0 Å². The van der Waals surface area contributed by atoms with Gasteiger partial charge in [-0.25, -0.2) is 4.98 Å². The Morgan fingerprint density at radius 1 is 1.06 bits per heavy atom. The van der Waals surface area contributed by atoms with E-state index in [-0.39, 0.29) is 0 Å². The molecule has 1 heterocycles. The quantitative estimate of drug-likeness (QED) is 0.736. The maximum Gasteiger partial charge on any atom is 0.123 e. The molecule has 2 rings (SSSR count). The lowest BCUT2D eigenvalue weighted by Gasteiger charge is -2.06. The highest BCUT2D eigenvalue weighted by Gasteiger charge is 2.08. The van der Waals surface area contributed by atoms with Crippen LogP contribution in [0.25, 0.3) is 10.6 Å². The highest BCUT2D eigenvalue weighted by Crippen LogP contribution is 2.28. The lowest BCUT2D eigenvalue weighted by atomic mass is 10.0. The summed E-state index contributed by atoms with van der Waals surface area (Å²) in [7, 11) is 0. The van der Waals surface area contributed by atoms with E-state index in [1.807, 2.05) is 0 Å². The molecular formula is C15H19NS. The molecule has 0 aliphatic rings.